The lowest BCUT2D eigenvalue weighted by molar-refractivity contribution is 0.437. The van der Waals surface area contributed by atoms with E-state index in [1.54, 1.807) is 12.1 Å². The van der Waals surface area contributed by atoms with Gasteiger partial charge in [0.25, 0.3) is 0 Å². The van der Waals surface area contributed by atoms with Crippen LogP contribution < -0.4 is 0 Å². The molecule has 20 heavy (non-hydrogen) atoms. The first kappa shape index (κ1) is 17.1. The lowest BCUT2D eigenvalue weighted by Gasteiger charge is -2.10. The molecule has 0 spiro atoms. The zero-order valence-electron chi connectivity index (χ0n) is 13.4. The highest BCUT2D eigenvalue weighted by molar-refractivity contribution is 5.25. The molecule has 1 N–H and O–H groups in total. The topological polar surface area (TPSA) is 20.2 Å². The van der Waals surface area contributed by atoms with E-state index >= 15 is 0 Å². The summed E-state index contributed by atoms with van der Waals surface area (Å²) in [5, 5.41) is 9.23. The first-order valence-electron chi connectivity index (χ1n) is 8.50. The van der Waals surface area contributed by atoms with Crippen LogP contribution in [0.3, 0.4) is 0 Å². The van der Waals surface area contributed by atoms with Gasteiger partial charge < -0.3 is 5.11 Å². The van der Waals surface area contributed by atoms with Crippen LogP contribution in [-0.2, 0) is 6.42 Å². The minimum Gasteiger partial charge on any atom is -0.508 e. The van der Waals surface area contributed by atoms with Gasteiger partial charge in [-0.25, -0.2) is 0 Å². The van der Waals surface area contributed by atoms with Crippen LogP contribution in [-0.4, -0.2) is 5.11 Å². The molecule has 0 bridgehead atoms. The van der Waals surface area contributed by atoms with Crippen molar-refractivity contribution in [1.29, 1.82) is 0 Å². The molecular formula is C19H32O. The van der Waals surface area contributed by atoms with Gasteiger partial charge in [-0.3, -0.25) is 0 Å². The van der Waals surface area contributed by atoms with Crippen LogP contribution in [0, 0.1) is 5.92 Å². The van der Waals surface area contributed by atoms with E-state index in [2.05, 4.69) is 13.8 Å². The van der Waals surface area contributed by atoms with E-state index in [9.17, 15) is 5.11 Å². The minimum absolute atomic E-state index is 0.366. The van der Waals surface area contributed by atoms with Gasteiger partial charge in [-0.15, -0.1) is 0 Å². The Balaban J connectivity index is 1.97. The second-order valence-electron chi connectivity index (χ2n) is 6.22. The summed E-state index contributed by atoms with van der Waals surface area (Å²) in [5.41, 5.74) is 1.34. The number of phenols is 1. The third kappa shape index (κ3) is 8.24. The molecule has 1 heteroatoms. The Morgan fingerprint density at radius 1 is 0.850 bits per heavy atom. The standard InChI is InChI=1S/C19H32O/c1-3-4-5-7-10-17(2)11-8-6-9-12-18-13-15-19(20)16-14-18/h13-17,20H,3-12H2,1-2H3. The van der Waals surface area contributed by atoms with Crippen LogP contribution in [0.15, 0.2) is 24.3 Å². The molecule has 0 amide bonds. The van der Waals surface area contributed by atoms with Crippen molar-refractivity contribution in [2.75, 3.05) is 0 Å². The van der Waals surface area contributed by atoms with Gasteiger partial charge in [-0.05, 0) is 36.5 Å². The van der Waals surface area contributed by atoms with Gasteiger partial charge in [-0.1, -0.05) is 77.3 Å². The van der Waals surface area contributed by atoms with Crippen LogP contribution in [0.5, 0.6) is 5.75 Å². The van der Waals surface area contributed by atoms with Gasteiger partial charge >= 0.3 is 0 Å². The lowest BCUT2D eigenvalue weighted by Crippen LogP contribution is -1.95. The number of aromatic hydroxyl groups is 1. The molecule has 1 unspecified atom stereocenters. The van der Waals surface area contributed by atoms with Crippen LogP contribution in [0.2, 0.25) is 0 Å². The minimum atomic E-state index is 0.366. The summed E-state index contributed by atoms with van der Waals surface area (Å²) >= 11 is 0. The van der Waals surface area contributed by atoms with Crippen molar-refractivity contribution in [3.8, 4) is 5.75 Å². The fraction of sp³-hybridized carbons (Fsp3) is 0.684. The summed E-state index contributed by atoms with van der Waals surface area (Å²) in [6, 6.07) is 7.64. The third-order valence-electron chi connectivity index (χ3n) is 4.15. The Bertz CT molecular complexity index is 328. The number of aryl methyl sites for hydroxylation is 1. The van der Waals surface area contributed by atoms with Crippen molar-refractivity contribution < 1.29 is 5.11 Å². The Morgan fingerprint density at radius 3 is 2.05 bits per heavy atom. The van der Waals surface area contributed by atoms with E-state index in [4.69, 9.17) is 0 Å². The van der Waals surface area contributed by atoms with E-state index in [1.807, 2.05) is 12.1 Å². The molecule has 0 aliphatic rings. The highest BCUT2D eigenvalue weighted by Crippen LogP contribution is 2.18. The molecule has 0 saturated heterocycles. The van der Waals surface area contributed by atoms with Crippen molar-refractivity contribution >= 4 is 0 Å². The molecule has 1 rings (SSSR count). The van der Waals surface area contributed by atoms with Crippen LogP contribution in [0.4, 0.5) is 0 Å². The molecule has 0 fully saturated rings. The SMILES string of the molecule is CCCCCCC(C)CCCCCc1ccc(O)cc1. The molecule has 1 aromatic rings. The Hall–Kier alpha value is -0.980. The van der Waals surface area contributed by atoms with E-state index in [0.717, 1.165) is 12.3 Å². The highest BCUT2D eigenvalue weighted by Gasteiger charge is 2.02. The summed E-state index contributed by atoms with van der Waals surface area (Å²) in [4.78, 5) is 0. The first-order valence-corrected chi connectivity index (χ1v) is 8.50. The number of hydrogen-bond acceptors (Lipinski definition) is 1. The van der Waals surface area contributed by atoms with Gasteiger partial charge in [0, 0.05) is 0 Å². The van der Waals surface area contributed by atoms with Crippen LogP contribution >= 0.6 is 0 Å². The summed E-state index contributed by atoms with van der Waals surface area (Å²) in [6.45, 7) is 4.68. The smallest absolute Gasteiger partial charge is 0.115 e. The molecule has 1 nitrogen and oxygen atoms in total. The monoisotopic (exact) mass is 276 g/mol. The van der Waals surface area contributed by atoms with E-state index < -0.39 is 0 Å². The molecule has 114 valence electrons. The van der Waals surface area contributed by atoms with Crippen molar-refractivity contribution in [2.45, 2.75) is 78.1 Å². The lowest BCUT2D eigenvalue weighted by atomic mass is 9.96. The Labute approximate surface area is 125 Å². The molecule has 0 saturated carbocycles. The van der Waals surface area contributed by atoms with Crippen molar-refractivity contribution in [3.05, 3.63) is 29.8 Å². The number of phenolic OH excluding ortho intramolecular Hbond substituents is 1. The molecule has 0 radical (unpaired) electrons. The van der Waals surface area contributed by atoms with E-state index in [-0.39, 0.29) is 0 Å². The molecule has 0 aromatic heterocycles. The summed E-state index contributed by atoms with van der Waals surface area (Å²) in [5.74, 6) is 1.27. The number of hydrogen-bond donors (Lipinski definition) is 1. The van der Waals surface area contributed by atoms with Crippen molar-refractivity contribution in [2.24, 2.45) is 5.92 Å². The second kappa shape index (κ2) is 10.8. The quantitative estimate of drug-likeness (QED) is 0.484. The van der Waals surface area contributed by atoms with E-state index in [1.165, 1.54) is 63.4 Å². The molecule has 0 aliphatic heterocycles. The molecular weight excluding hydrogens is 244 g/mol. The van der Waals surface area contributed by atoms with Gasteiger partial charge in [0.05, 0.1) is 0 Å². The van der Waals surface area contributed by atoms with Crippen molar-refractivity contribution in [3.63, 3.8) is 0 Å². The number of benzene rings is 1. The van der Waals surface area contributed by atoms with Gasteiger partial charge in [0.2, 0.25) is 0 Å². The van der Waals surface area contributed by atoms with Crippen molar-refractivity contribution in [1.82, 2.24) is 0 Å². The van der Waals surface area contributed by atoms with Crippen LogP contribution in [0.25, 0.3) is 0 Å². The maximum Gasteiger partial charge on any atom is 0.115 e. The predicted octanol–water partition coefficient (Wildman–Crippen LogP) is 6.10. The largest absolute Gasteiger partial charge is 0.508 e. The third-order valence-corrected chi connectivity index (χ3v) is 4.15. The summed E-state index contributed by atoms with van der Waals surface area (Å²) < 4.78 is 0. The second-order valence-corrected chi connectivity index (χ2v) is 6.22. The number of unbranched alkanes of at least 4 members (excludes halogenated alkanes) is 5. The average molecular weight is 276 g/mol. The van der Waals surface area contributed by atoms with Crippen LogP contribution in [0.1, 0.15) is 77.2 Å². The normalized spacial score (nSPS) is 12.5. The van der Waals surface area contributed by atoms with Gasteiger partial charge in [-0.2, -0.15) is 0 Å². The van der Waals surface area contributed by atoms with E-state index in [0.29, 0.717) is 5.75 Å². The molecule has 0 aliphatic carbocycles. The average Bonchev–Trinajstić information content (AvgIpc) is 2.45. The Kier molecular flexibility index (Phi) is 9.19. The molecule has 0 heterocycles. The van der Waals surface area contributed by atoms with Gasteiger partial charge in [0.15, 0.2) is 0 Å². The number of rotatable bonds is 11. The highest BCUT2D eigenvalue weighted by atomic mass is 16.3. The van der Waals surface area contributed by atoms with Gasteiger partial charge in [0.1, 0.15) is 5.75 Å². The Morgan fingerprint density at radius 2 is 1.45 bits per heavy atom. The molecule has 1 aromatic carbocycles. The fourth-order valence-electron chi connectivity index (χ4n) is 2.73. The maximum atomic E-state index is 9.23. The molecule has 1 atom stereocenters. The zero-order valence-corrected chi connectivity index (χ0v) is 13.4. The summed E-state index contributed by atoms with van der Waals surface area (Å²) in [6.07, 6.45) is 13.5. The maximum absolute atomic E-state index is 9.23. The predicted molar refractivity (Wildman–Crippen MR) is 88.2 cm³/mol. The first-order chi connectivity index (χ1) is 9.72. The fourth-order valence-corrected chi connectivity index (χ4v) is 2.73. The zero-order chi connectivity index (χ0) is 14.6. The summed E-state index contributed by atoms with van der Waals surface area (Å²) in [7, 11) is 0.